The zero-order valence-corrected chi connectivity index (χ0v) is 15.8. The van der Waals surface area contributed by atoms with E-state index in [1.807, 2.05) is 4.72 Å². The number of primary amides is 1. The summed E-state index contributed by atoms with van der Waals surface area (Å²) in [6, 6.07) is 7.68. The molecule has 5 nitrogen and oxygen atoms in total. The monoisotopic (exact) mass is 418 g/mol. The molecule has 2 rings (SSSR count). The van der Waals surface area contributed by atoms with Gasteiger partial charge in [-0.05, 0) is 48.7 Å². The molecule has 10 heteroatoms. The van der Waals surface area contributed by atoms with Gasteiger partial charge in [-0.2, -0.15) is 13.2 Å². The summed E-state index contributed by atoms with van der Waals surface area (Å²) in [4.78, 5) is 12.1. The third-order valence-electron chi connectivity index (χ3n) is 4.28. The fourth-order valence-electron chi connectivity index (χ4n) is 2.69. The van der Waals surface area contributed by atoms with Crippen molar-refractivity contribution in [1.82, 2.24) is 0 Å². The second kappa shape index (κ2) is 7.42. The van der Waals surface area contributed by atoms with Gasteiger partial charge in [0.2, 0.25) is 15.9 Å². The van der Waals surface area contributed by atoms with E-state index in [4.69, 9.17) is 5.73 Å². The summed E-state index contributed by atoms with van der Waals surface area (Å²) in [6.45, 7) is 1.44. The van der Waals surface area contributed by atoms with E-state index < -0.39 is 38.9 Å². The van der Waals surface area contributed by atoms with E-state index in [9.17, 15) is 30.8 Å². The summed E-state index contributed by atoms with van der Waals surface area (Å²) in [5.74, 6) is -1.72. The molecule has 1 unspecified atom stereocenters. The van der Waals surface area contributed by atoms with Crippen LogP contribution in [0.2, 0.25) is 0 Å². The SMILES string of the molecule is CC(Cc1ccc(C(F)(F)F)cc1)(C(N)=O)c1ccc(NS(C)(=O)=O)c(F)c1. The molecule has 0 bridgehead atoms. The van der Waals surface area contributed by atoms with Gasteiger partial charge in [-0.1, -0.05) is 18.2 Å². The number of nitrogens with two attached hydrogens (primary N) is 1. The first kappa shape index (κ1) is 21.7. The molecule has 0 saturated carbocycles. The molecule has 0 aliphatic carbocycles. The van der Waals surface area contributed by atoms with Gasteiger partial charge in [0, 0.05) is 0 Å². The minimum atomic E-state index is -4.49. The lowest BCUT2D eigenvalue weighted by Crippen LogP contribution is -2.40. The molecule has 0 aliphatic rings. The second-order valence-electron chi connectivity index (χ2n) is 6.64. The van der Waals surface area contributed by atoms with Crippen molar-refractivity contribution in [2.75, 3.05) is 11.0 Å². The Hall–Kier alpha value is -2.62. The van der Waals surface area contributed by atoms with Gasteiger partial charge >= 0.3 is 6.18 Å². The molecule has 0 radical (unpaired) electrons. The Morgan fingerprint density at radius 1 is 1.07 bits per heavy atom. The molecule has 152 valence electrons. The van der Waals surface area contributed by atoms with Crippen LogP contribution in [0, 0.1) is 5.82 Å². The highest BCUT2D eigenvalue weighted by molar-refractivity contribution is 7.92. The van der Waals surface area contributed by atoms with E-state index >= 15 is 0 Å². The molecule has 2 aromatic carbocycles. The lowest BCUT2D eigenvalue weighted by molar-refractivity contribution is -0.137. The molecule has 0 aliphatic heterocycles. The minimum absolute atomic E-state index is 0.0707. The van der Waals surface area contributed by atoms with Crippen molar-refractivity contribution in [2.24, 2.45) is 5.73 Å². The summed E-state index contributed by atoms with van der Waals surface area (Å²) in [5, 5.41) is 0. The van der Waals surface area contributed by atoms with Crippen molar-refractivity contribution in [2.45, 2.75) is 24.9 Å². The Bertz CT molecular complexity index is 989. The molecule has 2 aromatic rings. The number of hydrogen-bond acceptors (Lipinski definition) is 3. The predicted octanol–water partition coefficient (Wildman–Crippen LogP) is 3.20. The zero-order chi connectivity index (χ0) is 21.3. The summed E-state index contributed by atoms with van der Waals surface area (Å²) in [6.07, 6.45) is -3.70. The van der Waals surface area contributed by atoms with E-state index in [0.717, 1.165) is 30.5 Å². The Balaban J connectivity index is 2.38. The lowest BCUT2D eigenvalue weighted by Gasteiger charge is -2.27. The van der Waals surface area contributed by atoms with Gasteiger partial charge in [0.25, 0.3) is 0 Å². The molecule has 0 aromatic heterocycles. The van der Waals surface area contributed by atoms with Gasteiger partial charge in [0.1, 0.15) is 5.82 Å². The second-order valence-corrected chi connectivity index (χ2v) is 8.39. The third-order valence-corrected chi connectivity index (χ3v) is 4.88. The standard InChI is InChI=1S/C18H18F4N2O3S/c1-17(16(23)25,10-11-3-5-12(6-4-11)18(20,21)22)13-7-8-15(14(19)9-13)24-28(2,26)27/h3-9,24H,10H2,1-2H3,(H2,23,25). The number of carbonyl (C=O) groups excluding carboxylic acids is 1. The number of anilines is 1. The maximum absolute atomic E-state index is 14.3. The Labute approximate surface area is 159 Å². The number of sulfonamides is 1. The molecule has 0 saturated heterocycles. The van der Waals surface area contributed by atoms with Gasteiger partial charge < -0.3 is 5.73 Å². The topological polar surface area (TPSA) is 89.3 Å². The minimum Gasteiger partial charge on any atom is -0.369 e. The molecule has 0 heterocycles. The highest BCUT2D eigenvalue weighted by Gasteiger charge is 2.35. The Kier molecular flexibility index (Phi) is 5.74. The average Bonchev–Trinajstić information content (AvgIpc) is 2.55. The first-order valence-corrected chi connectivity index (χ1v) is 9.85. The highest BCUT2D eigenvalue weighted by atomic mass is 32.2. The molecule has 28 heavy (non-hydrogen) atoms. The number of hydrogen-bond donors (Lipinski definition) is 2. The summed E-state index contributed by atoms with van der Waals surface area (Å²) < 4.78 is 76.9. The molecular weight excluding hydrogens is 400 g/mol. The Morgan fingerprint density at radius 2 is 1.61 bits per heavy atom. The fourth-order valence-corrected chi connectivity index (χ4v) is 3.26. The average molecular weight is 418 g/mol. The largest absolute Gasteiger partial charge is 0.416 e. The molecular formula is C18H18F4N2O3S. The van der Waals surface area contributed by atoms with E-state index in [-0.39, 0.29) is 17.7 Å². The number of benzene rings is 2. The molecule has 0 spiro atoms. The molecule has 1 atom stereocenters. The van der Waals surface area contributed by atoms with Gasteiger partial charge in [0.15, 0.2) is 0 Å². The van der Waals surface area contributed by atoms with Crippen LogP contribution in [0.4, 0.5) is 23.2 Å². The first-order chi connectivity index (χ1) is 12.7. The molecule has 0 fully saturated rings. The van der Waals surface area contributed by atoms with Crippen LogP contribution in [-0.4, -0.2) is 20.6 Å². The molecule has 3 N–H and O–H groups in total. The van der Waals surface area contributed by atoms with Crippen LogP contribution in [-0.2, 0) is 32.8 Å². The number of nitrogens with one attached hydrogen (secondary N) is 1. The predicted molar refractivity (Wildman–Crippen MR) is 96.6 cm³/mol. The fraction of sp³-hybridized carbons (Fsp3) is 0.278. The lowest BCUT2D eigenvalue weighted by atomic mass is 9.76. The highest BCUT2D eigenvalue weighted by Crippen LogP contribution is 2.33. The number of halogens is 4. The van der Waals surface area contributed by atoms with Crippen LogP contribution >= 0.6 is 0 Å². The third kappa shape index (κ3) is 5.00. The van der Waals surface area contributed by atoms with Crippen LogP contribution in [0.5, 0.6) is 0 Å². The number of carbonyl (C=O) groups is 1. The summed E-state index contributed by atoms with van der Waals surface area (Å²) in [5.41, 5.74) is 3.49. The first-order valence-electron chi connectivity index (χ1n) is 7.96. The maximum atomic E-state index is 14.3. The van der Waals surface area contributed by atoms with Crippen molar-refractivity contribution in [1.29, 1.82) is 0 Å². The maximum Gasteiger partial charge on any atom is 0.416 e. The van der Waals surface area contributed by atoms with Gasteiger partial charge in [-0.3, -0.25) is 9.52 Å². The van der Waals surface area contributed by atoms with Crippen LogP contribution in [0.15, 0.2) is 42.5 Å². The number of alkyl halides is 3. The van der Waals surface area contributed by atoms with Gasteiger partial charge in [-0.15, -0.1) is 0 Å². The molecule has 1 amide bonds. The van der Waals surface area contributed by atoms with E-state index in [0.29, 0.717) is 5.56 Å². The van der Waals surface area contributed by atoms with Crippen LogP contribution in [0.25, 0.3) is 0 Å². The summed E-state index contributed by atoms with van der Waals surface area (Å²) >= 11 is 0. The van der Waals surface area contributed by atoms with Gasteiger partial charge in [-0.25, -0.2) is 12.8 Å². The Morgan fingerprint density at radius 3 is 2.04 bits per heavy atom. The van der Waals surface area contributed by atoms with Crippen LogP contribution in [0.1, 0.15) is 23.6 Å². The van der Waals surface area contributed by atoms with Crippen LogP contribution < -0.4 is 10.5 Å². The van der Waals surface area contributed by atoms with Crippen molar-refractivity contribution in [3.8, 4) is 0 Å². The van der Waals surface area contributed by atoms with Crippen molar-refractivity contribution < 1.29 is 30.8 Å². The van der Waals surface area contributed by atoms with Crippen molar-refractivity contribution in [3.05, 3.63) is 65.0 Å². The number of rotatable bonds is 6. The van der Waals surface area contributed by atoms with E-state index in [1.54, 1.807) is 0 Å². The normalized spacial score (nSPS) is 14.4. The quantitative estimate of drug-likeness (QED) is 0.706. The van der Waals surface area contributed by atoms with Crippen LogP contribution in [0.3, 0.4) is 0 Å². The van der Waals surface area contributed by atoms with Crippen molar-refractivity contribution >= 4 is 21.6 Å². The van der Waals surface area contributed by atoms with E-state index in [2.05, 4.69) is 0 Å². The summed E-state index contributed by atoms with van der Waals surface area (Å²) in [7, 11) is -3.70. The van der Waals surface area contributed by atoms with E-state index in [1.165, 1.54) is 25.1 Å². The zero-order valence-electron chi connectivity index (χ0n) is 15.0. The smallest absolute Gasteiger partial charge is 0.369 e. The van der Waals surface area contributed by atoms with Crippen molar-refractivity contribution in [3.63, 3.8) is 0 Å². The number of amides is 1. The van der Waals surface area contributed by atoms with Gasteiger partial charge in [0.05, 0.1) is 22.9 Å².